The van der Waals surface area contributed by atoms with E-state index in [0.29, 0.717) is 0 Å². The van der Waals surface area contributed by atoms with Crippen LogP contribution < -0.4 is 5.32 Å². The SMILES string of the molecule is C[SH](C)N1CC(C(F)(F)F)NC1=O. The molecule has 1 fully saturated rings. The number of hydrogen-bond donors (Lipinski definition) is 2. The van der Waals surface area contributed by atoms with E-state index in [1.807, 2.05) is 5.32 Å². The third-order valence-corrected chi connectivity index (χ3v) is 3.08. The first-order valence-electron chi connectivity index (χ1n) is 3.64. The van der Waals surface area contributed by atoms with Gasteiger partial charge in [0, 0.05) is 0 Å². The number of amides is 2. The highest BCUT2D eigenvalue weighted by molar-refractivity contribution is 8.14. The second-order valence-electron chi connectivity index (χ2n) is 2.97. The molecule has 2 amide bonds. The van der Waals surface area contributed by atoms with E-state index in [4.69, 9.17) is 0 Å². The molecule has 0 aliphatic carbocycles. The average molecular weight is 216 g/mol. The maximum atomic E-state index is 12.1. The van der Waals surface area contributed by atoms with E-state index in [1.54, 1.807) is 12.5 Å². The van der Waals surface area contributed by atoms with Crippen LogP contribution in [-0.2, 0) is 0 Å². The summed E-state index contributed by atoms with van der Waals surface area (Å²) in [6.07, 6.45) is -0.850. The largest absolute Gasteiger partial charge is 0.410 e. The van der Waals surface area contributed by atoms with E-state index in [0.717, 1.165) is 0 Å². The summed E-state index contributed by atoms with van der Waals surface area (Å²) in [5.74, 6) is 0. The Hall–Kier alpha value is -0.590. The van der Waals surface area contributed by atoms with Gasteiger partial charge in [0.25, 0.3) is 0 Å². The van der Waals surface area contributed by atoms with Gasteiger partial charge in [0.1, 0.15) is 6.04 Å². The monoisotopic (exact) mass is 216 g/mol. The van der Waals surface area contributed by atoms with Gasteiger partial charge in [-0.05, 0) is 12.5 Å². The van der Waals surface area contributed by atoms with E-state index >= 15 is 0 Å². The molecule has 1 aliphatic rings. The van der Waals surface area contributed by atoms with Gasteiger partial charge in [-0.25, -0.2) is 4.79 Å². The first kappa shape index (κ1) is 10.5. The minimum atomic E-state index is -4.34. The molecule has 1 heterocycles. The zero-order chi connectivity index (χ0) is 10.2. The molecule has 0 spiro atoms. The van der Waals surface area contributed by atoms with Crippen molar-refractivity contribution in [3.05, 3.63) is 0 Å². The summed E-state index contributed by atoms with van der Waals surface area (Å²) in [6.45, 7) is -0.263. The van der Waals surface area contributed by atoms with E-state index < -0.39 is 29.3 Å². The molecule has 3 nitrogen and oxygen atoms in total. The number of carbonyl (C=O) groups excluding carboxylic acids is 1. The van der Waals surface area contributed by atoms with Crippen molar-refractivity contribution >= 4 is 17.1 Å². The van der Waals surface area contributed by atoms with Crippen LogP contribution >= 0.6 is 11.1 Å². The van der Waals surface area contributed by atoms with Gasteiger partial charge >= 0.3 is 12.2 Å². The standard InChI is InChI=1S/C6H11F3N2OS/c1-13(2)11-3-4(6(7,8)9)10-5(11)12/h4,13H,3H2,1-2H3,(H,10,12). The Balaban J connectivity index is 2.66. The molecule has 13 heavy (non-hydrogen) atoms. The molecule has 1 N–H and O–H groups in total. The summed E-state index contributed by atoms with van der Waals surface area (Å²) in [5, 5.41) is 1.90. The number of carbonyl (C=O) groups is 1. The van der Waals surface area contributed by atoms with E-state index in [9.17, 15) is 18.0 Å². The highest BCUT2D eigenvalue weighted by atomic mass is 32.2. The summed E-state index contributed by atoms with van der Waals surface area (Å²) >= 11 is -0.793. The normalized spacial score (nSPS) is 24.7. The Labute approximate surface area is 76.8 Å². The molecule has 0 aromatic rings. The highest BCUT2D eigenvalue weighted by Gasteiger charge is 2.47. The third-order valence-electron chi connectivity index (χ3n) is 1.77. The smallest absolute Gasteiger partial charge is 0.324 e. The fraction of sp³-hybridized carbons (Fsp3) is 0.833. The van der Waals surface area contributed by atoms with Crippen molar-refractivity contribution in [3.63, 3.8) is 0 Å². The third kappa shape index (κ3) is 2.20. The molecule has 0 saturated carbocycles. The van der Waals surface area contributed by atoms with Crippen LogP contribution in [0.5, 0.6) is 0 Å². The topological polar surface area (TPSA) is 32.3 Å². The number of nitrogens with zero attached hydrogens (tertiary/aromatic N) is 1. The van der Waals surface area contributed by atoms with Crippen molar-refractivity contribution in [1.29, 1.82) is 0 Å². The van der Waals surface area contributed by atoms with Gasteiger partial charge in [-0.1, -0.05) is 0 Å². The first-order chi connectivity index (χ1) is 5.82. The first-order valence-corrected chi connectivity index (χ1v) is 5.83. The molecule has 1 saturated heterocycles. The van der Waals surface area contributed by atoms with Crippen molar-refractivity contribution in [2.45, 2.75) is 12.2 Å². The van der Waals surface area contributed by atoms with E-state index in [1.165, 1.54) is 4.31 Å². The molecule has 0 aromatic carbocycles. The Bertz CT molecular complexity index is 218. The Kier molecular flexibility index (Phi) is 2.65. The van der Waals surface area contributed by atoms with E-state index in [2.05, 4.69) is 0 Å². The van der Waals surface area contributed by atoms with Gasteiger partial charge in [-0.3, -0.25) is 4.31 Å². The lowest BCUT2D eigenvalue weighted by molar-refractivity contribution is -0.148. The molecule has 0 aromatic heterocycles. The van der Waals surface area contributed by atoms with Crippen molar-refractivity contribution in [2.75, 3.05) is 19.1 Å². The van der Waals surface area contributed by atoms with Crippen LogP contribution in [0.25, 0.3) is 0 Å². The van der Waals surface area contributed by atoms with Crippen molar-refractivity contribution in [2.24, 2.45) is 0 Å². The molecular weight excluding hydrogens is 205 g/mol. The fourth-order valence-corrected chi connectivity index (χ4v) is 1.97. The van der Waals surface area contributed by atoms with Gasteiger partial charge in [-0.15, -0.1) is 0 Å². The van der Waals surface area contributed by atoms with Gasteiger partial charge in [0.15, 0.2) is 0 Å². The van der Waals surface area contributed by atoms with Gasteiger partial charge < -0.3 is 5.32 Å². The van der Waals surface area contributed by atoms with Crippen LogP contribution in [0, 0.1) is 0 Å². The number of alkyl halides is 3. The zero-order valence-corrected chi connectivity index (χ0v) is 8.12. The Morgan fingerprint density at radius 3 is 2.31 bits per heavy atom. The molecule has 1 aliphatic heterocycles. The lowest BCUT2D eigenvalue weighted by Gasteiger charge is -2.22. The van der Waals surface area contributed by atoms with Crippen molar-refractivity contribution in [3.8, 4) is 0 Å². The van der Waals surface area contributed by atoms with E-state index in [-0.39, 0.29) is 6.54 Å². The molecule has 78 valence electrons. The minimum absolute atomic E-state index is 0.263. The average Bonchev–Trinajstić information content (AvgIpc) is 2.29. The molecular formula is C6H11F3N2OS. The fourth-order valence-electron chi connectivity index (χ4n) is 1.06. The summed E-state index contributed by atoms with van der Waals surface area (Å²) in [4.78, 5) is 11.0. The molecule has 1 unspecified atom stereocenters. The minimum Gasteiger partial charge on any atom is -0.324 e. The Morgan fingerprint density at radius 1 is 1.54 bits per heavy atom. The predicted molar refractivity (Wildman–Crippen MR) is 45.9 cm³/mol. The van der Waals surface area contributed by atoms with Crippen LogP contribution in [0.1, 0.15) is 0 Å². The van der Waals surface area contributed by atoms with Gasteiger partial charge in [0.05, 0.1) is 6.54 Å². The number of thiol groups is 1. The molecule has 7 heteroatoms. The second-order valence-corrected chi connectivity index (χ2v) is 5.15. The second kappa shape index (κ2) is 3.28. The highest BCUT2D eigenvalue weighted by Crippen LogP contribution is 2.31. The van der Waals surface area contributed by atoms with Crippen molar-refractivity contribution < 1.29 is 18.0 Å². The van der Waals surface area contributed by atoms with Gasteiger partial charge in [0.2, 0.25) is 0 Å². The maximum absolute atomic E-state index is 12.1. The molecule has 0 bridgehead atoms. The van der Waals surface area contributed by atoms with Gasteiger partial charge in [-0.2, -0.15) is 24.3 Å². The molecule has 1 rings (SSSR count). The van der Waals surface area contributed by atoms with Crippen LogP contribution in [0.2, 0.25) is 0 Å². The summed E-state index contributed by atoms with van der Waals surface area (Å²) < 4.78 is 37.6. The number of rotatable bonds is 1. The molecule has 1 atom stereocenters. The summed E-state index contributed by atoms with van der Waals surface area (Å²) in [6, 6.07) is -2.32. The number of hydrogen-bond acceptors (Lipinski definition) is 1. The predicted octanol–water partition coefficient (Wildman–Crippen LogP) is 1.12. The number of halogens is 3. The van der Waals surface area contributed by atoms with Crippen LogP contribution in [0.4, 0.5) is 18.0 Å². The summed E-state index contributed by atoms with van der Waals surface area (Å²) in [7, 11) is 0. The maximum Gasteiger partial charge on any atom is 0.410 e. The lowest BCUT2D eigenvalue weighted by atomic mass is 10.3. The zero-order valence-electron chi connectivity index (χ0n) is 7.22. The molecule has 0 radical (unpaired) electrons. The van der Waals surface area contributed by atoms with Crippen molar-refractivity contribution in [1.82, 2.24) is 9.62 Å². The Morgan fingerprint density at radius 2 is 2.08 bits per heavy atom. The summed E-state index contributed by atoms with van der Waals surface area (Å²) in [5.41, 5.74) is 0. The number of urea groups is 1. The van der Waals surface area contributed by atoms with Crippen LogP contribution in [0.3, 0.4) is 0 Å². The number of nitrogens with one attached hydrogen (secondary N) is 1. The quantitative estimate of drug-likeness (QED) is 0.632. The lowest BCUT2D eigenvalue weighted by Crippen LogP contribution is -2.40. The van der Waals surface area contributed by atoms with Crippen LogP contribution in [0.15, 0.2) is 0 Å². The van der Waals surface area contributed by atoms with Crippen LogP contribution in [-0.4, -0.2) is 41.6 Å².